The van der Waals surface area contributed by atoms with Gasteiger partial charge in [0.25, 0.3) is 0 Å². The monoisotopic (exact) mass is 224 g/mol. The average Bonchev–Trinajstić information content (AvgIpc) is 2.09. The Balaban J connectivity index is 3.07. The highest BCUT2D eigenvalue weighted by Gasteiger charge is 1.98. The van der Waals surface area contributed by atoms with Gasteiger partial charge in [-0.1, -0.05) is 0 Å². The summed E-state index contributed by atoms with van der Waals surface area (Å²) in [6.07, 6.45) is 0.574. The van der Waals surface area contributed by atoms with Crippen molar-refractivity contribution in [2.75, 3.05) is 5.32 Å². The minimum absolute atomic E-state index is 0.502. The second-order valence-corrected chi connectivity index (χ2v) is 2.92. The van der Waals surface area contributed by atoms with Gasteiger partial charge >= 0.3 is 0 Å². The molecule has 1 N–H and O–H groups in total. The van der Waals surface area contributed by atoms with Crippen molar-refractivity contribution in [3.05, 3.63) is 28.2 Å². The van der Waals surface area contributed by atoms with E-state index < -0.39 is 0 Å². The number of rotatable bonds is 2. The third-order valence-corrected chi connectivity index (χ3v) is 2.00. The van der Waals surface area contributed by atoms with Crippen LogP contribution in [0.25, 0.3) is 0 Å². The summed E-state index contributed by atoms with van der Waals surface area (Å²) < 4.78 is 0.724. The van der Waals surface area contributed by atoms with Crippen molar-refractivity contribution in [1.82, 2.24) is 0 Å². The van der Waals surface area contributed by atoms with Crippen LogP contribution in [0.3, 0.4) is 0 Å². The van der Waals surface area contributed by atoms with E-state index in [1.165, 1.54) is 0 Å². The highest BCUT2D eigenvalue weighted by molar-refractivity contribution is 9.10. The molecule has 0 aliphatic carbocycles. The van der Waals surface area contributed by atoms with Gasteiger partial charge in [-0.25, -0.2) is 0 Å². The Morgan fingerprint density at radius 3 is 2.92 bits per heavy atom. The number of nitrogens with one attached hydrogen (secondary N) is 1. The Bertz CT molecular complexity index is 343. The van der Waals surface area contributed by atoms with Crippen LogP contribution >= 0.6 is 15.9 Å². The Labute approximate surface area is 78.1 Å². The highest BCUT2D eigenvalue weighted by Crippen LogP contribution is 2.19. The number of nitriles is 1. The molecule has 0 atom stereocenters. The van der Waals surface area contributed by atoms with Crippen LogP contribution in [0.15, 0.2) is 22.7 Å². The van der Waals surface area contributed by atoms with E-state index in [0.29, 0.717) is 17.7 Å². The Kier molecular flexibility index (Phi) is 2.83. The van der Waals surface area contributed by atoms with Crippen LogP contribution in [-0.2, 0) is 4.79 Å². The fraction of sp³-hybridized carbons (Fsp3) is 0. The number of amides is 1. The molecule has 0 spiro atoms. The van der Waals surface area contributed by atoms with Crippen LogP contribution in [0.1, 0.15) is 5.56 Å². The fourth-order valence-electron chi connectivity index (χ4n) is 0.769. The molecule has 0 fully saturated rings. The summed E-state index contributed by atoms with van der Waals surface area (Å²) in [6.45, 7) is 0. The van der Waals surface area contributed by atoms with E-state index in [2.05, 4.69) is 21.2 Å². The second kappa shape index (κ2) is 3.88. The first-order valence-corrected chi connectivity index (χ1v) is 3.97. The molecule has 12 heavy (non-hydrogen) atoms. The van der Waals surface area contributed by atoms with E-state index in [0.717, 1.165) is 4.47 Å². The van der Waals surface area contributed by atoms with Crippen molar-refractivity contribution in [3.63, 3.8) is 0 Å². The number of hydrogen-bond acceptors (Lipinski definition) is 2. The summed E-state index contributed by atoms with van der Waals surface area (Å²) in [5.41, 5.74) is 1.12. The standard InChI is InChI=1S/C8H5BrN2O/c9-8-2-1-7(11-5-12)3-6(8)4-10/h1-3,5H,(H,11,12). The predicted octanol–water partition coefficient (Wildman–Crippen LogP) is 1.89. The molecule has 0 saturated heterocycles. The van der Waals surface area contributed by atoms with E-state index >= 15 is 0 Å². The highest BCUT2D eigenvalue weighted by atomic mass is 79.9. The maximum Gasteiger partial charge on any atom is 0.211 e. The third kappa shape index (κ3) is 1.83. The number of carbonyl (C=O) groups excluding carboxylic acids is 1. The van der Waals surface area contributed by atoms with Gasteiger partial charge in [-0.3, -0.25) is 4.79 Å². The van der Waals surface area contributed by atoms with Crippen molar-refractivity contribution in [3.8, 4) is 6.07 Å². The summed E-state index contributed by atoms with van der Waals surface area (Å²) in [7, 11) is 0. The SMILES string of the molecule is N#Cc1cc(NC=O)ccc1Br. The molecule has 0 saturated carbocycles. The summed E-state index contributed by atoms with van der Waals surface area (Å²) in [6, 6.07) is 7.01. The second-order valence-electron chi connectivity index (χ2n) is 2.07. The number of nitrogens with zero attached hydrogens (tertiary/aromatic N) is 1. The molecule has 1 amide bonds. The molecule has 0 heterocycles. The van der Waals surface area contributed by atoms with E-state index in [1.807, 2.05) is 6.07 Å². The van der Waals surface area contributed by atoms with E-state index in [1.54, 1.807) is 18.2 Å². The minimum Gasteiger partial charge on any atom is -0.329 e. The maximum atomic E-state index is 10.1. The topological polar surface area (TPSA) is 52.9 Å². The molecule has 1 rings (SSSR count). The summed E-state index contributed by atoms with van der Waals surface area (Å²) >= 11 is 3.20. The van der Waals surface area contributed by atoms with E-state index in [9.17, 15) is 4.79 Å². The molecular formula is C8H5BrN2O. The van der Waals surface area contributed by atoms with Gasteiger partial charge < -0.3 is 5.32 Å². The largest absolute Gasteiger partial charge is 0.329 e. The molecule has 0 aromatic heterocycles. The summed E-state index contributed by atoms with van der Waals surface area (Å²) in [4.78, 5) is 10.1. The Morgan fingerprint density at radius 2 is 2.33 bits per heavy atom. The lowest BCUT2D eigenvalue weighted by molar-refractivity contribution is -0.105. The lowest BCUT2D eigenvalue weighted by Gasteiger charge is -1.99. The predicted molar refractivity (Wildman–Crippen MR) is 48.5 cm³/mol. The summed E-state index contributed by atoms with van der Waals surface area (Å²) in [5.74, 6) is 0. The molecule has 0 bridgehead atoms. The molecule has 1 aromatic rings. The average molecular weight is 225 g/mol. The number of benzene rings is 1. The van der Waals surface area contributed by atoms with Crippen molar-refractivity contribution in [2.24, 2.45) is 0 Å². The first kappa shape index (κ1) is 8.75. The lowest BCUT2D eigenvalue weighted by atomic mass is 10.2. The number of halogens is 1. The zero-order valence-electron chi connectivity index (χ0n) is 6.04. The molecule has 60 valence electrons. The smallest absolute Gasteiger partial charge is 0.211 e. The third-order valence-electron chi connectivity index (χ3n) is 1.31. The van der Waals surface area contributed by atoms with Crippen molar-refractivity contribution in [2.45, 2.75) is 0 Å². The lowest BCUT2D eigenvalue weighted by Crippen LogP contribution is -1.93. The number of hydrogen-bond donors (Lipinski definition) is 1. The van der Waals surface area contributed by atoms with Gasteiger partial charge in [-0.2, -0.15) is 5.26 Å². The molecule has 0 aliphatic rings. The van der Waals surface area contributed by atoms with Crippen LogP contribution < -0.4 is 5.32 Å². The van der Waals surface area contributed by atoms with Crippen molar-refractivity contribution < 1.29 is 4.79 Å². The zero-order chi connectivity index (χ0) is 8.97. The number of anilines is 1. The maximum absolute atomic E-state index is 10.1. The normalized spacial score (nSPS) is 8.67. The molecule has 0 radical (unpaired) electrons. The van der Waals surface area contributed by atoms with Gasteiger partial charge in [0.1, 0.15) is 6.07 Å². The molecule has 4 heteroatoms. The molecular weight excluding hydrogens is 220 g/mol. The van der Waals surface area contributed by atoms with Crippen LogP contribution in [0, 0.1) is 11.3 Å². The quantitative estimate of drug-likeness (QED) is 0.781. The van der Waals surface area contributed by atoms with Gasteiger partial charge in [-0.05, 0) is 34.1 Å². The summed E-state index contributed by atoms with van der Waals surface area (Å²) in [5, 5.41) is 11.1. The van der Waals surface area contributed by atoms with Crippen LogP contribution in [-0.4, -0.2) is 6.41 Å². The first-order chi connectivity index (χ1) is 5.77. The van der Waals surface area contributed by atoms with Crippen LogP contribution in [0.5, 0.6) is 0 Å². The molecule has 0 unspecified atom stereocenters. The zero-order valence-corrected chi connectivity index (χ0v) is 7.63. The molecule has 1 aromatic carbocycles. The molecule has 0 aliphatic heterocycles. The number of carbonyl (C=O) groups is 1. The molecule has 3 nitrogen and oxygen atoms in total. The van der Waals surface area contributed by atoms with Gasteiger partial charge in [0.05, 0.1) is 5.56 Å². The van der Waals surface area contributed by atoms with Crippen LogP contribution in [0.4, 0.5) is 5.69 Å². The van der Waals surface area contributed by atoms with Crippen molar-refractivity contribution >= 4 is 28.0 Å². The van der Waals surface area contributed by atoms with E-state index in [4.69, 9.17) is 5.26 Å². The van der Waals surface area contributed by atoms with Crippen molar-refractivity contribution in [1.29, 1.82) is 5.26 Å². The first-order valence-electron chi connectivity index (χ1n) is 3.18. The Morgan fingerprint density at radius 1 is 1.58 bits per heavy atom. The van der Waals surface area contributed by atoms with Crippen LogP contribution in [0.2, 0.25) is 0 Å². The minimum atomic E-state index is 0.502. The Hall–Kier alpha value is -1.34. The van der Waals surface area contributed by atoms with Gasteiger partial charge in [-0.15, -0.1) is 0 Å². The van der Waals surface area contributed by atoms with Gasteiger partial charge in [0.2, 0.25) is 6.41 Å². The van der Waals surface area contributed by atoms with E-state index in [-0.39, 0.29) is 0 Å². The fourth-order valence-corrected chi connectivity index (χ4v) is 1.10. The van der Waals surface area contributed by atoms with Gasteiger partial charge in [0, 0.05) is 10.2 Å². The van der Waals surface area contributed by atoms with Gasteiger partial charge in [0.15, 0.2) is 0 Å².